The molecule has 19 nitrogen and oxygen atoms in total. The first kappa shape index (κ1) is 35.8. The Morgan fingerprint density at radius 3 is 2.56 bits per heavy atom. The van der Waals surface area contributed by atoms with Gasteiger partial charge in [0.1, 0.15) is 30.2 Å². The SMILES string of the molecule is [Cu+].[Cu+].[Cu+].[NH-]c1ncnc2c1ncn2[C@H]1C[C@H](OP(=O)([O-])OC[C@H]2O[C@@H](n3cnc4c3N=C(N)[N-]C4[O-])C[C@@H]2O)[C@@H](CO)O1. The van der Waals surface area contributed by atoms with E-state index in [-0.39, 0.29) is 92.9 Å². The van der Waals surface area contributed by atoms with E-state index in [0.29, 0.717) is 5.65 Å². The van der Waals surface area contributed by atoms with Crippen molar-refractivity contribution >= 4 is 36.6 Å². The molecule has 0 bridgehead atoms. The summed E-state index contributed by atoms with van der Waals surface area (Å²) in [5.41, 5.74) is 14.0. The summed E-state index contributed by atoms with van der Waals surface area (Å²) in [4.78, 5) is 32.7. The van der Waals surface area contributed by atoms with Crippen molar-refractivity contribution in [3.63, 3.8) is 0 Å². The molecular formula is C20H23Cu3N10O9P-. The molecule has 246 valence electrons. The Hall–Kier alpha value is -1.70. The van der Waals surface area contributed by atoms with Gasteiger partial charge in [-0.15, -0.1) is 0 Å². The number of hydrogen-bond acceptors (Lipinski definition) is 15. The monoisotopic (exact) mass is 767 g/mol. The molecule has 6 rings (SSSR count). The van der Waals surface area contributed by atoms with Crippen molar-refractivity contribution in [3.8, 4) is 0 Å². The van der Waals surface area contributed by atoms with Crippen molar-refractivity contribution in [3.05, 3.63) is 35.7 Å². The summed E-state index contributed by atoms with van der Waals surface area (Å²) in [7, 11) is -4.97. The van der Waals surface area contributed by atoms with Gasteiger partial charge >= 0.3 is 51.2 Å². The maximum absolute atomic E-state index is 12.7. The third-order valence-electron chi connectivity index (χ3n) is 6.70. The molecule has 0 aliphatic carbocycles. The number of aliphatic hydroxyl groups excluding tert-OH is 2. The first-order valence-corrected chi connectivity index (χ1v) is 13.5. The van der Waals surface area contributed by atoms with Gasteiger partial charge in [-0.25, -0.2) is 15.0 Å². The fraction of sp³-hybridized carbons (Fsp3) is 0.550. The van der Waals surface area contributed by atoms with Crippen LogP contribution in [0.3, 0.4) is 0 Å². The molecule has 0 aromatic carbocycles. The molecule has 0 saturated carbocycles. The van der Waals surface area contributed by atoms with E-state index < -0.39 is 64.1 Å². The Kier molecular flexibility index (Phi) is 11.8. The number of aromatic nitrogens is 6. The largest absolute Gasteiger partial charge is 1.00 e. The maximum Gasteiger partial charge on any atom is 1.00 e. The molecule has 3 aromatic heterocycles. The Morgan fingerprint density at radius 2 is 1.81 bits per heavy atom. The van der Waals surface area contributed by atoms with E-state index >= 15 is 0 Å². The molecule has 8 atom stereocenters. The number of aliphatic imine (C=N–C) groups is 1. The summed E-state index contributed by atoms with van der Waals surface area (Å²) < 4.78 is 37.4. The predicted octanol–water partition coefficient (Wildman–Crippen LogP) is -1.11. The van der Waals surface area contributed by atoms with E-state index in [2.05, 4.69) is 30.2 Å². The molecule has 2 fully saturated rings. The van der Waals surface area contributed by atoms with Gasteiger partial charge in [-0.3, -0.25) is 9.13 Å². The van der Waals surface area contributed by atoms with Gasteiger partial charge < -0.3 is 70.1 Å². The van der Waals surface area contributed by atoms with Crippen LogP contribution in [0.2, 0.25) is 0 Å². The van der Waals surface area contributed by atoms with Crippen LogP contribution < -0.4 is 15.7 Å². The average molecular weight is 769 g/mol. The topological polar surface area (TPSA) is 278 Å². The molecule has 2 unspecified atom stereocenters. The van der Waals surface area contributed by atoms with Crippen LogP contribution in [0.5, 0.6) is 0 Å². The minimum Gasteiger partial charge on any atom is -0.842 e. The number of nitrogens with two attached hydrogens (primary N) is 1. The van der Waals surface area contributed by atoms with Crippen LogP contribution in [0.4, 0.5) is 11.6 Å². The van der Waals surface area contributed by atoms with E-state index in [1.807, 2.05) is 0 Å². The van der Waals surface area contributed by atoms with Crippen LogP contribution in [0.15, 0.2) is 24.0 Å². The normalized spacial score (nSPS) is 29.4. The van der Waals surface area contributed by atoms with Gasteiger partial charge in [0.25, 0.3) is 7.82 Å². The Morgan fingerprint density at radius 1 is 1.12 bits per heavy atom. The van der Waals surface area contributed by atoms with Gasteiger partial charge in [0.15, 0.2) is 5.65 Å². The molecule has 3 aromatic rings. The third-order valence-corrected chi connectivity index (χ3v) is 7.70. The van der Waals surface area contributed by atoms with E-state index in [1.165, 1.54) is 28.1 Å². The zero-order valence-electron chi connectivity index (χ0n) is 21.4. The molecular weight excluding hydrogens is 746 g/mol. The zero-order valence-corrected chi connectivity index (χ0v) is 25.1. The summed E-state index contributed by atoms with van der Waals surface area (Å²) in [6, 6.07) is 0. The number of guanidine groups is 1. The molecule has 2 saturated heterocycles. The number of phosphoric acid groups is 1. The fourth-order valence-corrected chi connectivity index (χ4v) is 5.74. The number of hydrogen-bond donors (Lipinski definition) is 3. The van der Waals surface area contributed by atoms with Crippen LogP contribution in [0, 0.1) is 0 Å². The van der Waals surface area contributed by atoms with E-state index in [4.69, 9.17) is 30.0 Å². The summed E-state index contributed by atoms with van der Waals surface area (Å²) >= 11 is 0. The standard InChI is InChI=1S/C20H24N10O9P.3Cu/c21-16-14-17(24-5-23-16)29(6-25-14)13-2-9(10(3-31)37-13)39-40(34,35)36-4-11-8(32)1-12(38-11)30-7-26-15-18(30)27-20(22)28-19(15)33;;;/h5-13,19,31-32H,1-4H2,(H4-2,21,22,23,24,27,28,34,35);;;/q-3;3*+1/p-1/t8-,9-,10+,11+,12+,13+,19?;;;/m0.../s1. The number of nitrogens with zero attached hydrogens (tertiary/aromatic N) is 8. The summed E-state index contributed by atoms with van der Waals surface area (Å²) in [5, 5.41) is 35.9. The Labute approximate surface area is 274 Å². The smallest absolute Gasteiger partial charge is 0.842 e. The van der Waals surface area contributed by atoms with E-state index in [0.717, 1.165) is 0 Å². The summed E-state index contributed by atoms with van der Waals surface area (Å²) in [6.45, 7) is -1.12. The molecule has 6 heterocycles. The quantitative estimate of drug-likeness (QED) is 0.181. The second-order valence-electron chi connectivity index (χ2n) is 9.23. The molecule has 3 aliphatic heterocycles. The minimum absolute atomic E-state index is 0. The summed E-state index contributed by atoms with van der Waals surface area (Å²) in [5.74, 6) is -0.155. The molecule has 5 N–H and O–H groups in total. The Balaban J connectivity index is 0.00000169. The summed E-state index contributed by atoms with van der Waals surface area (Å²) in [6.07, 6.45) is -3.56. The predicted molar refractivity (Wildman–Crippen MR) is 127 cm³/mol. The zero-order chi connectivity index (χ0) is 28.2. The van der Waals surface area contributed by atoms with E-state index in [1.54, 1.807) is 0 Å². The van der Waals surface area contributed by atoms with E-state index in [9.17, 15) is 24.8 Å². The number of aliphatic hydroxyl groups is 2. The molecule has 0 amide bonds. The molecule has 0 spiro atoms. The van der Waals surface area contributed by atoms with Gasteiger partial charge in [-0.05, 0) is 12.0 Å². The minimum atomic E-state index is -4.97. The van der Waals surface area contributed by atoms with Gasteiger partial charge in [0, 0.05) is 25.1 Å². The van der Waals surface area contributed by atoms with Crippen LogP contribution >= 0.6 is 7.82 Å². The fourth-order valence-electron chi connectivity index (χ4n) is 4.79. The first-order chi connectivity index (χ1) is 19.1. The van der Waals surface area contributed by atoms with Crippen molar-refractivity contribution in [1.82, 2.24) is 29.1 Å². The van der Waals surface area contributed by atoms with Crippen LogP contribution in [0.1, 0.15) is 37.2 Å². The molecule has 43 heavy (non-hydrogen) atoms. The number of ether oxygens (including phenoxy) is 2. The van der Waals surface area contributed by atoms with Crippen LogP contribution in [-0.2, 0) is 74.3 Å². The van der Waals surface area contributed by atoms with Crippen molar-refractivity contribution in [2.75, 3.05) is 13.2 Å². The van der Waals surface area contributed by atoms with Crippen molar-refractivity contribution in [2.24, 2.45) is 10.7 Å². The van der Waals surface area contributed by atoms with Gasteiger partial charge in [0.05, 0.1) is 49.6 Å². The van der Waals surface area contributed by atoms with Crippen LogP contribution in [0.25, 0.3) is 22.2 Å². The second kappa shape index (κ2) is 14.2. The van der Waals surface area contributed by atoms with Gasteiger partial charge in [0.2, 0.25) is 0 Å². The van der Waals surface area contributed by atoms with Crippen molar-refractivity contribution < 1.29 is 94.5 Å². The number of imidazole rings is 2. The first-order valence-electron chi connectivity index (χ1n) is 12.0. The molecule has 23 heteroatoms. The number of fused-ring (bicyclic) bond motifs is 2. The van der Waals surface area contributed by atoms with Crippen molar-refractivity contribution in [1.29, 1.82) is 0 Å². The third kappa shape index (κ3) is 7.09. The van der Waals surface area contributed by atoms with Crippen LogP contribution in [-0.4, -0.2) is 82.9 Å². The number of rotatable bonds is 8. The maximum atomic E-state index is 12.7. The second-order valence-corrected chi connectivity index (χ2v) is 10.6. The Bertz CT molecular complexity index is 1500. The van der Waals surface area contributed by atoms with Crippen molar-refractivity contribution in [2.45, 2.75) is 55.9 Å². The molecule has 3 aliphatic rings. The van der Waals surface area contributed by atoms with Gasteiger partial charge in [-0.1, -0.05) is 0 Å². The molecule has 0 radical (unpaired) electrons. The average Bonchev–Trinajstić information content (AvgIpc) is 3.67. The van der Waals surface area contributed by atoms with Gasteiger partial charge in [-0.2, -0.15) is 0 Å². The number of phosphoric ester groups is 1. The number of nitrogens with one attached hydrogen (secondary N) is 1.